The Bertz CT molecular complexity index is 272. The second-order valence-corrected chi connectivity index (χ2v) is 1.93. The van der Waals surface area contributed by atoms with Crippen LogP contribution in [0, 0.1) is 0 Å². The number of aliphatic hydroxyl groups is 1. The van der Waals surface area contributed by atoms with Crippen molar-refractivity contribution in [1.29, 1.82) is 0 Å². The summed E-state index contributed by atoms with van der Waals surface area (Å²) in [5, 5.41) is 17.0. The van der Waals surface area contributed by atoms with Gasteiger partial charge in [-0.2, -0.15) is 0 Å². The molecule has 0 heterocycles. The van der Waals surface area contributed by atoms with Crippen molar-refractivity contribution in [3.63, 3.8) is 0 Å². The Balaban J connectivity index is -0.0000000813. The number of carboxylic acid groups (broad SMARTS) is 1. The molecule has 0 fully saturated rings. The van der Waals surface area contributed by atoms with Crippen LogP contribution in [0.4, 0.5) is 0 Å². The van der Waals surface area contributed by atoms with E-state index in [1.165, 1.54) is 0 Å². The van der Waals surface area contributed by atoms with E-state index in [4.69, 9.17) is 15.0 Å². The molecule has 0 spiro atoms. The van der Waals surface area contributed by atoms with Gasteiger partial charge in [-0.05, 0) is 12.2 Å². The van der Waals surface area contributed by atoms with Gasteiger partial charge < -0.3 is 25.5 Å². The number of aliphatic carboxylic acids is 1. The third-order valence-electron chi connectivity index (χ3n) is 0.741. The predicted octanol–water partition coefficient (Wildman–Crippen LogP) is -4.75. The van der Waals surface area contributed by atoms with Crippen LogP contribution < -0.4 is 29.7 Å². The molecule has 7 nitrogen and oxygen atoms in total. The SMILES string of the molecule is C=CC(=O)OCO.C=CC(=O)[O-].C=CC(N)=O.[Li+]. The number of ether oxygens (including phenoxy) is 1. The van der Waals surface area contributed by atoms with E-state index in [0.29, 0.717) is 0 Å². The first kappa shape index (κ1) is 25.1. The van der Waals surface area contributed by atoms with Crippen molar-refractivity contribution in [2.75, 3.05) is 6.79 Å². The molecule has 0 rings (SSSR count). The van der Waals surface area contributed by atoms with Gasteiger partial charge in [0.15, 0.2) is 6.79 Å². The Kier molecular flexibility index (Phi) is 28.7. The molecule has 0 saturated heterocycles. The zero-order chi connectivity index (χ0) is 14.3. The third-order valence-corrected chi connectivity index (χ3v) is 0.741. The van der Waals surface area contributed by atoms with Crippen molar-refractivity contribution in [1.82, 2.24) is 0 Å². The van der Waals surface area contributed by atoms with Crippen LogP contribution in [0.15, 0.2) is 38.0 Å². The summed E-state index contributed by atoms with van der Waals surface area (Å²) in [5.74, 6) is -2.32. The minimum Gasteiger partial charge on any atom is -0.545 e. The maximum atomic E-state index is 9.91. The molecule has 0 bridgehead atoms. The van der Waals surface area contributed by atoms with Crippen LogP contribution in [-0.2, 0) is 19.1 Å². The molecule has 0 aromatic carbocycles. The number of esters is 1. The number of hydrogen-bond donors (Lipinski definition) is 2. The van der Waals surface area contributed by atoms with Gasteiger partial charge in [-0.1, -0.05) is 19.7 Å². The van der Waals surface area contributed by atoms with Crippen molar-refractivity contribution in [2.45, 2.75) is 0 Å². The van der Waals surface area contributed by atoms with Crippen LogP contribution in [0.25, 0.3) is 0 Å². The number of hydrogen-bond acceptors (Lipinski definition) is 6. The number of carboxylic acids is 1. The smallest absolute Gasteiger partial charge is 0.545 e. The summed E-state index contributed by atoms with van der Waals surface area (Å²) < 4.78 is 3.99. The first-order valence-corrected chi connectivity index (χ1v) is 4.00. The quantitative estimate of drug-likeness (QED) is 0.223. The maximum absolute atomic E-state index is 9.91. The fourth-order valence-electron chi connectivity index (χ4n) is 0.123. The zero-order valence-electron chi connectivity index (χ0n) is 10.1. The van der Waals surface area contributed by atoms with Gasteiger partial charge in [0.2, 0.25) is 5.91 Å². The first-order valence-electron chi connectivity index (χ1n) is 4.00. The van der Waals surface area contributed by atoms with Crippen LogP contribution in [0.5, 0.6) is 0 Å². The summed E-state index contributed by atoms with van der Waals surface area (Å²) >= 11 is 0. The molecule has 0 aromatic heterocycles. The van der Waals surface area contributed by atoms with Gasteiger partial charge in [-0.3, -0.25) is 4.79 Å². The molecule has 0 atom stereocenters. The number of amides is 1. The molecular weight excluding hydrogens is 237 g/mol. The topological polar surface area (TPSA) is 130 Å². The van der Waals surface area contributed by atoms with E-state index in [0.717, 1.165) is 18.2 Å². The summed E-state index contributed by atoms with van der Waals surface area (Å²) in [6, 6.07) is 0. The number of rotatable bonds is 4. The van der Waals surface area contributed by atoms with Gasteiger partial charge in [0.25, 0.3) is 0 Å². The van der Waals surface area contributed by atoms with E-state index in [2.05, 4.69) is 30.2 Å². The number of aliphatic hydroxyl groups excluding tert-OH is 1. The molecule has 0 unspecified atom stereocenters. The summed E-state index contributed by atoms with van der Waals surface area (Å²) in [5.41, 5.74) is 4.53. The molecule has 3 N–H and O–H groups in total. The average Bonchev–Trinajstić information content (AvgIpc) is 2.30. The van der Waals surface area contributed by atoms with E-state index in [-0.39, 0.29) is 18.9 Å². The van der Waals surface area contributed by atoms with Crippen molar-refractivity contribution in [2.24, 2.45) is 5.73 Å². The van der Waals surface area contributed by atoms with Gasteiger partial charge >= 0.3 is 24.8 Å². The van der Waals surface area contributed by atoms with E-state index in [1.54, 1.807) is 0 Å². The molecule has 0 aliphatic carbocycles. The van der Waals surface area contributed by atoms with Crippen LogP contribution in [-0.4, -0.2) is 29.7 Å². The molecule has 18 heavy (non-hydrogen) atoms. The summed E-state index contributed by atoms with van der Waals surface area (Å²) in [6.45, 7) is 8.50. The molecule has 0 aliphatic heterocycles. The van der Waals surface area contributed by atoms with E-state index >= 15 is 0 Å². The van der Waals surface area contributed by atoms with Gasteiger partial charge in [0, 0.05) is 6.08 Å². The largest absolute Gasteiger partial charge is 1.00 e. The Morgan fingerprint density at radius 3 is 1.56 bits per heavy atom. The Morgan fingerprint density at radius 1 is 1.17 bits per heavy atom. The van der Waals surface area contributed by atoms with Crippen molar-refractivity contribution >= 4 is 17.8 Å². The minimum absolute atomic E-state index is 0. The Morgan fingerprint density at radius 2 is 1.50 bits per heavy atom. The van der Waals surface area contributed by atoms with Crippen LogP contribution >= 0.6 is 0 Å². The van der Waals surface area contributed by atoms with E-state index < -0.39 is 24.6 Å². The predicted molar refractivity (Wildman–Crippen MR) is 58.0 cm³/mol. The molecular formula is C10H14LiNO6. The fraction of sp³-hybridized carbons (Fsp3) is 0.100. The van der Waals surface area contributed by atoms with Gasteiger partial charge in [-0.15, -0.1) is 0 Å². The van der Waals surface area contributed by atoms with Crippen LogP contribution in [0.3, 0.4) is 0 Å². The standard InChI is InChI=1S/C4H6O3.C3H5NO.C3H4O2.Li/c1-2-4(6)7-3-5;2*1-2-3(4)5;/h2,5H,1,3H2;2H,1H2,(H2,4,5);2H,1H2,(H,4,5);/q;;;+1/p-1. The third kappa shape index (κ3) is 47.8. The maximum Gasteiger partial charge on any atom is 1.00 e. The zero-order valence-corrected chi connectivity index (χ0v) is 10.1. The average molecular weight is 251 g/mol. The molecule has 0 saturated carbocycles. The monoisotopic (exact) mass is 251 g/mol. The van der Waals surface area contributed by atoms with Gasteiger partial charge in [-0.25, -0.2) is 4.79 Å². The Hall–Kier alpha value is -1.81. The van der Waals surface area contributed by atoms with Crippen molar-refractivity contribution in [3.8, 4) is 0 Å². The van der Waals surface area contributed by atoms with E-state index in [1.807, 2.05) is 0 Å². The summed E-state index contributed by atoms with van der Waals surface area (Å²) in [7, 11) is 0. The minimum atomic E-state index is -1.23. The first-order chi connectivity index (χ1) is 7.85. The second kappa shape index (κ2) is 20.6. The number of primary amides is 1. The number of nitrogens with two attached hydrogens (primary N) is 1. The Labute approximate surface area is 117 Å². The van der Waals surface area contributed by atoms with Gasteiger partial charge in [0.1, 0.15) is 0 Å². The molecule has 1 amide bonds. The molecule has 0 radical (unpaired) electrons. The molecule has 96 valence electrons. The summed E-state index contributed by atoms with van der Waals surface area (Å²) in [6.07, 6.45) is 2.76. The molecule has 8 heteroatoms. The molecule has 0 aliphatic rings. The summed E-state index contributed by atoms with van der Waals surface area (Å²) in [4.78, 5) is 28.5. The van der Waals surface area contributed by atoms with Crippen molar-refractivity contribution < 1.29 is 48.2 Å². The second-order valence-electron chi connectivity index (χ2n) is 1.93. The van der Waals surface area contributed by atoms with Crippen LogP contribution in [0.1, 0.15) is 0 Å². The normalized spacial score (nSPS) is 6.50. The van der Waals surface area contributed by atoms with Crippen molar-refractivity contribution in [3.05, 3.63) is 38.0 Å². The molecule has 0 aromatic rings. The number of carbonyl (C=O) groups is 3. The van der Waals surface area contributed by atoms with Crippen LogP contribution in [0.2, 0.25) is 0 Å². The fourth-order valence-corrected chi connectivity index (χ4v) is 0.123. The number of carbonyl (C=O) groups excluding carboxylic acids is 3. The van der Waals surface area contributed by atoms with E-state index in [9.17, 15) is 9.59 Å². The van der Waals surface area contributed by atoms with Gasteiger partial charge in [0.05, 0.1) is 5.97 Å².